The molecule has 4 rings (SSSR count). The van der Waals surface area contributed by atoms with Crippen LogP contribution in [0.3, 0.4) is 0 Å². The van der Waals surface area contributed by atoms with Gasteiger partial charge in [-0.2, -0.15) is 0 Å². The molecule has 1 N–H and O–H groups in total. The molecular weight excluding hydrogens is 284 g/mol. The zero-order valence-electron chi connectivity index (χ0n) is 15.2. The molecule has 4 aliphatic carbocycles. The van der Waals surface area contributed by atoms with Crippen molar-refractivity contribution in [1.82, 2.24) is 0 Å². The SMILES string of the molecule is CC1=C2CC[C@@H]3[C@H](CC[C@@]4(C)[C@H]3CCC4(C)O)[C@@]2(C)CCC1=O. The van der Waals surface area contributed by atoms with E-state index in [9.17, 15) is 9.90 Å². The van der Waals surface area contributed by atoms with Gasteiger partial charge in [0, 0.05) is 6.42 Å². The average molecular weight is 316 g/mol. The summed E-state index contributed by atoms with van der Waals surface area (Å²) in [6.45, 7) is 8.95. The topological polar surface area (TPSA) is 37.3 Å². The number of aliphatic hydroxyl groups is 1. The van der Waals surface area contributed by atoms with Gasteiger partial charge in [-0.05, 0) is 93.0 Å². The standard InChI is InChI=1S/C21H32O2/c1-13-15-6-5-14-16(19(15,2)10-9-18(13)22)7-11-20(3)17(14)8-12-21(20,4)23/h14,16-17,23H,5-12H2,1-4H3/t14-,16+,17+,19+,20+,21?/m1/s1. The Morgan fingerprint density at radius 2 is 1.65 bits per heavy atom. The zero-order valence-corrected chi connectivity index (χ0v) is 15.2. The first-order valence-corrected chi connectivity index (χ1v) is 9.66. The third kappa shape index (κ3) is 1.88. The third-order valence-corrected chi connectivity index (χ3v) is 8.98. The van der Waals surface area contributed by atoms with E-state index in [1.807, 2.05) is 0 Å². The van der Waals surface area contributed by atoms with Crippen LogP contribution in [0.25, 0.3) is 0 Å². The van der Waals surface area contributed by atoms with Gasteiger partial charge >= 0.3 is 0 Å². The highest BCUT2D eigenvalue weighted by Gasteiger charge is 2.62. The van der Waals surface area contributed by atoms with Crippen molar-refractivity contribution in [2.24, 2.45) is 28.6 Å². The second-order valence-electron chi connectivity index (χ2n) is 9.63. The number of ketones is 1. The molecule has 3 fully saturated rings. The van der Waals surface area contributed by atoms with Gasteiger partial charge in [0.25, 0.3) is 0 Å². The van der Waals surface area contributed by atoms with Crippen LogP contribution >= 0.6 is 0 Å². The molecule has 0 aromatic heterocycles. The summed E-state index contributed by atoms with van der Waals surface area (Å²) in [5.41, 5.74) is 2.44. The number of Topliss-reactive ketones (excluding diaryl/α,β-unsaturated/α-hetero) is 1. The van der Waals surface area contributed by atoms with Crippen LogP contribution < -0.4 is 0 Å². The summed E-state index contributed by atoms with van der Waals surface area (Å²) < 4.78 is 0. The van der Waals surface area contributed by atoms with Crippen LogP contribution in [0.5, 0.6) is 0 Å². The summed E-state index contributed by atoms with van der Waals surface area (Å²) in [7, 11) is 0. The summed E-state index contributed by atoms with van der Waals surface area (Å²) in [6, 6.07) is 0. The maximum Gasteiger partial charge on any atom is 0.158 e. The average Bonchev–Trinajstić information content (AvgIpc) is 2.74. The van der Waals surface area contributed by atoms with Crippen molar-refractivity contribution >= 4 is 5.78 Å². The smallest absolute Gasteiger partial charge is 0.158 e. The van der Waals surface area contributed by atoms with E-state index in [0.29, 0.717) is 11.7 Å². The quantitative estimate of drug-likeness (QED) is 0.706. The molecule has 2 nitrogen and oxygen atoms in total. The van der Waals surface area contributed by atoms with E-state index in [1.165, 1.54) is 24.8 Å². The molecule has 0 aromatic carbocycles. The summed E-state index contributed by atoms with van der Waals surface area (Å²) in [5, 5.41) is 11.0. The van der Waals surface area contributed by atoms with Crippen molar-refractivity contribution in [3.05, 3.63) is 11.1 Å². The van der Waals surface area contributed by atoms with Gasteiger partial charge in [-0.1, -0.05) is 19.4 Å². The van der Waals surface area contributed by atoms with Crippen LogP contribution in [-0.2, 0) is 4.79 Å². The maximum absolute atomic E-state index is 12.2. The van der Waals surface area contributed by atoms with Crippen LogP contribution in [0.1, 0.15) is 79.1 Å². The van der Waals surface area contributed by atoms with Crippen molar-refractivity contribution in [2.75, 3.05) is 0 Å². The molecule has 0 heterocycles. The Bertz CT molecular complexity index is 587. The summed E-state index contributed by atoms with van der Waals surface area (Å²) in [4.78, 5) is 12.2. The molecule has 0 saturated heterocycles. The number of hydrogen-bond donors (Lipinski definition) is 1. The van der Waals surface area contributed by atoms with Gasteiger partial charge in [-0.15, -0.1) is 0 Å². The van der Waals surface area contributed by atoms with Crippen LogP contribution in [0.2, 0.25) is 0 Å². The lowest BCUT2D eigenvalue weighted by atomic mass is 9.46. The van der Waals surface area contributed by atoms with Gasteiger partial charge < -0.3 is 5.11 Å². The molecule has 1 unspecified atom stereocenters. The van der Waals surface area contributed by atoms with E-state index in [1.54, 1.807) is 0 Å². The molecule has 0 amide bonds. The van der Waals surface area contributed by atoms with Gasteiger partial charge in [-0.3, -0.25) is 4.79 Å². The Hall–Kier alpha value is -0.630. The molecule has 0 spiro atoms. The maximum atomic E-state index is 12.2. The first kappa shape index (κ1) is 15.9. The number of rotatable bonds is 0. The van der Waals surface area contributed by atoms with Crippen molar-refractivity contribution < 1.29 is 9.90 Å². The lowest BCUT2D eigenvalue weighted by molar-refractivity contribution is -0.125. The highest BCUT2D eigenvalue weighted by molar-refractivity contribution is 5.96. The lowest BCUT2D eigenvalue weighted by Gasteiger charge is -2.59. The highest BCUT2D eigenvalue weighted by Crippen LogP contribution is 2.67. The van der Waals surface area contributed by atoms with Crippen molar-refractivity contribution in [2.45, 2.75) is 84.7 Å². The minimum Gasteiger partial charge on any atom is -0.390 e. The number of hydrogen-bond acceptors (Lipinski definition) is 2. The number of carbonyl (C=O) groups excluding carboxylic acids is 1. The number of carbonyl (C=O) groups is 1. The predicted octanol–water partition coefficient (Wildman–Crippen LogP) is 4.66. The van der Waals surface area contributed by atoms with Crippen LogP contribution in [0.4, 0.5) is 0 Å². The van der Waals surface area contributed by atoms with E-state index >= 15 is 0 Å². The van der Waals surface area contributed by atoms with E-state index < -0.39 is 5.60 Å². The molecule has 0 radical (unpaired) electrons. The van der Waals surface area contributed by atoms with Gasteiger partial charge in [0.1, 0.15) is 0 Å². The van der Waals surface area contributed by atoms with Gasteiger partial charge in [-0.25, -0.2) is 0 Å². The second-order valence-corrected chi connectivity index (χ2v) is 9.63. The number of allylic oxidation sites excluding steroid dienone is 1. The lowest BCUT2D eigenvalue weighted by Crippen LogP contribution is -2.54. The normalized spacial score (nSPS) is 52.9. The summed E-state index contributed by atoms with van der Waals surface area (Å²) in [5.74, 6) is 2.53. The van der Waals surface area contributed by atoms with Gasteiger partial charge in [0.15, 0.2) is 5.78 Å². The summed E-state index contributed by atoms with van der Waals surface area (Å²) >= 11 is 0. The molecule has 0 aromatic rings. The fourth-order valence-electron chi connectivity index (χ4n) is 7.23. The third-order valence-electron chi connectivity index (χ3n) is 8.98. The second kappa shape index (κ2) is 4.71. The Balaban J connectivity index is 1.72. The van der Waals surface area contributed by atoms with Gasteiger partial charge in [0.2, 0.25) is 0 Å². The monoisotopic (exact) mass is 316 g/mol. The Morgan fingerprint density at radius 1 is 0.957 bits per heavy atom. The largest absolute Gasteiger partial charge is 0.390 e. The molecule has 0 bridgehead atoms. The molecular formula is C21H32O2. The molecule has 4 aliphatic rings. The predicted molar refractivity (Wildman–Crippen MR) is 92.0 cm³/mol. The molecule has 23 heavy (non-hydrogen) atoms. The summed E-state index contributed by atoms with van der Waals surface area (Å²) in [6.07, 6.45) is 8.69. The molecule has 3 saturated carbocycles. The van der Waals surface area contributed by atoms with Crippen molar-refractivity contribution in [3.8, 4) is 0 Å². The fraction of sp³-hybridized carbons (Fsp3) is 0.857. The first-order valence-electron chi connectivity index (χ1n) is 9.66. The zero-order chi connectivity index (χ0) is 16.6. The van der Waals surface area contributed by atoms with E-state index in [-0.39, 0.29) is 10.8 Å². The fourth-order valence-corrected chi connectivity index (χ4v) is 7.23. The van der Waals surface area contributed by atoms with Gasteiger partial charge in [0.05, 0.1) is 5.60 Å². The van der Waals surface area contributed by atoms with E-state index in [2.05, 4.69) is 27.7 Å². The van der Waals surface area contributed by atoms with Crippen LogP contribution in [-0.4, -0.2) is 16.5 Å². The number of fused-ring (bicyclic) bond motifs is 5. The van der Waals surface area contributed by atoms with E-state index in [4.69, 9.17) is 0 Å². The molecule has 6 atom stereocenters. The minimum atomic E-state index is -0.488. The Labute approximate surface area is 140 Å². The molecule has 128 valence electrons. The Kier molecular flexibility index (Phi) is 3.25. The molecule has 2 heteroatoms. The Morgan fingerprint density at radius 3 is 2.39 bits per heavy atom. The first-order chi connectivity index (χ1) is 10.7. The highest BCUT2D eigenvalue weighted by atomic mass is 16.3. The van der Waals surface area contributed by atoms with Crippen molar-refractivity contribution in [1.29, 1.82) is 0 Å². The molecule has 0 aliphatic heterocycles. The van der Waals surface area contributed by atoms with E-state index in [0.717, 1.165) is 49.5 Å². The van der Waals surface area contributed by atoms with Crippen molar-refractivity contribution in [3.63, 3.8) is 0 Å². The minimum absolute atomic E-state index is 0.102. The van der Waals surface area contributed by atoms with Crippen LogP contribution in [0, 0.1) is 28.6 Å². The van der Waals surface area contributed by atoms with Crippen LogP contribution in [0.15, 0.2) is 11.1 Å².